The summed E-state index contributed by atoms with van der Waals surface area (Å²) in [6.45, 7) is 12.1. The Balaban J connectivity index is 1.51. The van der Waals surface area contributed by atoms with Crippen LogP contribution in [-0.4, -0.2) is 76.6 Å². The average molecular weight is 381 g/mol. The zero-order valence-corrected chi connectivity index (χ0v) is 17.6. The van der Waals surface area contributed by atoms with Gasteiger partial charge in [0.1, 0.15) is 0 Å². The van der Waals surface area contributed by atoms with E-state index in [9.17, 15) is 0 Å². The number of nitrogens with zero attached hydrogens (tertiary/aromatic N) is 2. The standard InChI is InChI=1S/C21H40N4O2/c1-17(2)13-21(6-4-7-21)16-24-20(22-3)23-14-19(18-5-10-27-15-18)25-8-11-26-12-9-25/h17-19H,4-16H2,1-3H3,(H2,22,23,24). The molecule has 2 aliphatic heterocycles. The third-order valence-electron chi connectivity index (χ3n) is 6.61. The Bertz CT molecular complexity index is 467. The summed E-state index contributed by atoms with van der Waals surface area (Å²) in [6, 6.07) is 0.489. The zero-order valence-electron chi connectivity index (χ0n) is 17.6. The molecule has 2 unspecified atom stereocenters. The molecule has 0 bridgehead atoms. The van der Waals surface area contributed by atoms with Crippen molar-refractivity contribution in [3.63, 3.8) is 0 Å². The number of nitrogens with one attached hydrogen (secondary N) is 2. The lowest BCUT2D eigenvalue weighted by atomic mass is 9.64. The lowest BCUT2D eigenvalue weighted by Gasteiger charge is -2.44. The van der Waals surface area contributed by atoms with Crippen molar-refractivity contribution >= 4 is 5.96 Å². The van der Waals surface area contributed by atoms with Crippen LogP contribution in [0.3, 0.4) is 0 Å². The van der Waals surface area contributed by atoms with Crippen LogP contribution in [0.5, 0.6) is 0 Å². The van der Waals surface area contributed by atoms with Gasteiger partial charge in [0.15, 0.2) is 5.96 Å². The van der Waals surface area contributed by atoms with Gasteiger partial charge in [-0.2, -0.15) is 0 Å². The summed E-state index contributed by atoms with van der Waals surface area (Å²) in [4.78, 5) is 7.07. The predicted octanol–water partition coefficient (Wildman–Crippen LogP) is 2.11. The van der Waals surface area contributed by atoms with Gasteiger partial charge in [-0.3, -0.25) is 9.89 Å². The van der Waals surface area contributed by atoms with Gasteiger partial charge in [-0.25, -0.2) is 0 Å². The second-order valence-corrected chi connectivity index (χ2v) is 9.10. The van der Waals surface area contributed by atoms with Crippen LogP contribution in [0.4, 0.5) is 0 Å². The van der Waals surface area contributed by atoms with E-state index in [1.165, 1.54) is 25.7 Å². The quantitative estimate of drug-likeness (QED) is 0.499. The highest BCUT2D eigenvalue weighted by Crippen LogP contribution is 2.45. The summed E-state index contributed by atoms with van der Waals surface area (Å²) in [5.74, 6) is 2.31. The molecule has 0 aromatic carbocycles. The summed E-state index contributed by atoms with van der Waals surface area (Å²) in [5.41, 5.74) is 0.481. The maximum absolute atomic E-state index is 5.68. The Morgan fingerprint density at radius 1 is 1.15 bits per heavy atom. The zero-order chi connectivity index (χ0) is 19.1. The second kappa shape index (κ2) is 10.1. The van der Waals surface area contributed by atoms with Crippen LogP contribution in [-0.2, 0) is 9.47 Å². The summed E-state index contributed by atoms with van der Waals surface area (Å²) in [7, 11) is 1.88. The molecule has 0 radical (unpaired) electrons. The third kappa shape index (κ3) is 5.81. The minimum atomic E-state index is 0.481. The molecule has 3 fully saturated rings. The highest BCUT2D eigenvalue weighted by atomic mass is 16.5. The van der Waals surface area contributed by atoms with Crippen LogP contribution >= 0.6 is 0 Å². The molecule has 156 valence electrons. The van der Waals surface area contributed by atoms with Gasteiger partial charge >= 0.3 is 0 Å². The Kier molecular flexibility index (Phi) is 7.79. The van der Waals surface area contributed by atoms with E-state index in [4.69, 9.17) is 9.47 Å². The van der Waals surface area contributed by atoms with Crippen LogP contribution in [0.1, 0.15) is 46.0 Å². The molecule has 1 saturated carbocycles. The molecule has 0 aromatic heterocycles. The number of hydrogen-bond acceptors (Lipinski definition) is 4. The molecule has 0 spiro atoms. The van der Waals surface area contributed by atoms with E-state index in [0.717, 1.165) is 70.9 Å². The summed E-state index contributed by atoms with van der Waals surface area (Å²) in [5, 5.41) is 7.25. The Labute approximate surface area is 165 Å². The molecule has 2 saturated heterocycles. The Hall–Kier alpha value is -0.850. The fraction of sp³-hybridized carbons (Fsp3) is 0.952. The maximum atomic E-state index is 5.68. The molecular weight excluding hydrogens is 340 g/mol. The van der Waals surface area contributed by atoms with Gasteiger partial charge in [0, 0.05) is 51.8 Å². The topological polar surface area (TPSA) is 58.1 Å². The normalized spacial score (nSPS) is 27.4. The van der Waals surface area contributed by atoms with Gasteiger partial charge in [-0.05, 0) is 37.0 Å². The first-order valence-corrected chi connectivity index (χ1v) is 11.0. The van der Waals surface area contributed by atoms with Crippen LogP contribution in [0.2, 0.25) is 0 Å². The summed E-state index contributed by atoms with van der Waals surface area (Å²) in [6.07, 6.45) is 6.55. The number of hydrogen-bond donors (Lipinski definition) is 2. The molecular formula is C21H40N4O2. The van der Waals surface area contributed by atoms with Gasteiger partial charge < -0.3 is 20.1 Å². The monoisotopic (exact) mass is 380 g/mol. The molecule has 3 rings (SSSR count). The van der Waals surface area contributed by atoms with Crippen LogP contribution in [0.25, 0.3) is 0 Å². The first-order chi connectivity index (χ1) is 13.1. The van der Waals surface area contributed by atoms with Gasteiger partial charge in [-0.15, -0.1) is 0 Å². The van der Waals surface area contributed by atoms with E-state index in [0.29, 0.717) is 17.4 Å². The van der Waals surface area contributed by atoms with E-state index in [-0.39, 0.29) is 0 Å². The van der Waals surface area contributed by atoms with Crippen molar-refractivity contribution in [1.82, 2.24) is 15.5 Å². The SMILES string of the molecule is CN=C(NCC(C1CCOC1)N1CCOCC1)NCC1(CC(C)C)CCC1. The van der Waals surface area contributed by atoms with Crippen molar-refractivity contribution in [2.75, 3.05) is 59.7 Å². The van der Waals surface area contributed by atoms with Crippen molar-refractivity contribution in [3.8, 4) is 0 Å². The van der Waals surface area contributed by atoms with E-state index < -0.39 is 0 Å². The minimum absolute atomic E-state index is 0.481. The number of rotatable bonds is 8. The van der Waals surface area contributed by atoms with Gasteiger partial charge in [0.2, 0.25) is 0 Å². The van der Waals surface area contributed by atoms with Gasteiger partial charge in [-0.1, -0.05) is 20.3 Å². The smallest absolute Gasteiger partial charge is 0.191 e. The van der Waals surface area contributed by atoms with E-state index >= 15 is 0 Å². The fourth-order valence-electron chi connectivity index (χ4n) is 5.05. The van der Waals surface area contributed by atoms with Crippen molar-refractivity contribution in [2.24, 2.45) is 22.2 Å². The average Bonchev–Trinajstić information content (AvgIpc) is 3.17. The number of guanidine groups is 1. The molecule has 2 heterocycles. The van der Waals surface area contributed by atoms with E-state index in [1.807, 2.05) is 7.05 Å². The lowest BCUT2D eigenvalue weighted by Crippen LogP contribution is -2.54. The van der Waals surface area contributed by atoms with Crippen molar-refractivity contribution in [2.45, 2.75) is 52.0 Å². The van der Waals surface area contributed by atoms with Crippen LogP contribution in [0.15, 0.2) is 4.99 Å². The van der Waals surface area contributed by atoms with Crippen LogP contribution in [0, 0.1) is 17.3 Å². The molecule has 0 aromatic rings. The number of aliphatic imine (C=N–C) groups is 1. The van der Waals surface area contributed by atoms with Gasteiger partial charge in [0.25, 0.3) is 0 Å². The minimum Gasteiger partial charge on any atom is -0.381 e. The number of ether oxygens (including phenoxy) is 2. The summed E-state index contributed by atoms with van der Waals surface area (Å²) >= 11 is 0. The summed E-state index contributed by atoms with van der Waals surface area (Å²) < 4.78 is 11.2. The molecule has 1 aliphatic carbocycles. The van der Waals surface area contributed by atoms with Crippen molar-refractivity contribution < 1.29 is 9.47 Å². The van der Waals surface area contributed by atoms with Crippen molar-refractivity contribution in [3.05, 3.63) is 0 Å². The largest absolute Gasteiger partial charge is 0.381 e. The van der Waals surface area contributed by atoms with E-state index in [2.05, 4.69) is 34.4 Å². The molecule has 6 nitrogen and oxygen atoms in total. The Morgan fingerprint density at radius 3 is 2.48 bits per heavy atom. The van der Waals surface area contributed by atoms with Crippen LogP contribution < -0.4 is 10.6 Å². The first-order valence-electron chi connectivity index (χ1n) is 11.0. The fourth-order valence-corrected chi connectivity index (χ4v) is 5.05. The van der Waals surface area contributed by atoms with Gasteiger partial charge in [0.05, 0.1) is 19.8 Å². The molecule has 3 aliphatic rings. The third-order valence-corrected chi connectivity index (χ3v) is 6.61. The molecule has 27 heavy (non-hydrogen) atoms. The highest BCUT2D eigenvalue weighted by Gasteiger charge is 2.37. The molecule has 0 amide bonds. The lowest BCUT2D eigenvalue weighted by molar-refractivity contribution is 0.00244. The highest BCUT2D eigenvalue weighted by molar-refractivity contribution is 5.79. The second-order valence-electron chi connectivity index (χ2n) is 9.10. The molecule has 2 N–H and O–H groups in total. The maximum Gasteiger partial charge on any atom is 0.191 e. The molecule has 6 heteroatoms. The first kappa shape index (κ1) is 20.9. The molecule has 2 atom stereocenters. The predicted molar refractivity (Wildman–Crippen MR) is 110 cm³/mol. The number of morpholine rings is 1. The Morgan fingerprint density at radius 2 is 1.93 bits per heavy atom. The van der Waals surface area contributed by atoms with Crippen molar-refractivity contribution in [1.29, 1.82) is 0 Å². The van der Waals surface area contributed by atoms with E-state index in [1.54, 1.807) is 0 Å².